The molecule has 0 unspecified atom stereocenters. The normalized spacial score (nSPS) is 10.8. The maximum atomic E-state index is 12.1. The Bertz CT molecular complexity index is 902. The summed E-state index contributed by atoms with van der Waals surface area (Å²) in [6.45, 7) is 0.380. The predicted octanol–water partition coefficient (Wildman–Crippen LogP) is 2.97. The molecular weight excluding hydrogens is 344 g/mol. The minimum absolute atomic E-state index is 0.170. The quantitative estimate of drug-likeness (QED) is 0.661. The van der Waals surface area contributed by atoms with Gasteiger partial charge in [-0.05, 0) is 36.8 Å². The first kappa shape index (κ1) is 17.0. The number of fused-ring (bicyclic) bond motifs is 1. The number of imidazole rings is 1. The number of aromatic nitrogens is 2. The van der Waals surface area contributed by atoms with Crippen molar-refractivity contribution in [2.24, 2.45) is 7.05 Å². The Morgan fingerprint density at radius 2 is 2.16 bits per heavy atom. The minimum atomic E-state index is -0.294. The average molecular weight is 361 g/mol. The maximum Gasteiger partial charge on any atom is 0.286 e. The molecule has 1 aromatic carbocycles. The molecule has 25 heavy (non-hydrogen) atoms. The van der Waals surface area contributed by atoms with E-state index in [0.29, 0.717) is 23.9 Å². The summed E-state index contributed by atoms with van der Waals surface area (Å²) in [6.07, 6.45) is 2.21. The standard InChI is InChI=1S/C17H17ClN4O3/c1-22-13-7-6-11(18)10-12(13)20-17(22)21-15(23)5-2-8-19-16(24)14-4-3-9-25-14/h3-4,6-7,9-10H,2,5,8H2,1H3,(H,19,24)(H,20,21,23). The fraction of sp³-hybridized carbons (Fsp3) is 0.235. The van der Waals surface area contributed by atoms with Crippen molar-refractivity contribution in [3.05, 3.63) is 47.4 Å². The van der Waals surface area contributed by atoms with Gasteiger partial charge in [0.05, 0.1) is 17.3 Å². The highest BCUT2D eigenvalue weighted by atomic mass is 35.5. The van der Waals surface area contributed by atoms with Crippen molar-refractivity contribution >= 4 is 40.4 Å². The van der Waals surface area contributed by atoms with E-state index >= 15 is 0 Å². The summed E-state index contributed by atoms with van der Waals surface area (Å²) in [5.41, 5.74) is 1.60. The average Bonchev–Trinajstić information content (AvgIpc) is 3.21. The lowest BCUT2D eigenvalue weighted by Crippen LogP contribution is -2.25. The van der Waals surface area contributed by atoms with Gasteiger partial charge in [-0.2, -0.15) is 0 Å². The van der Waals surface area contributed by atoms with Crippen molar-refractivity contribution in [1.29, 1.82) is 0 Å². The van der Waals surface area contributed by atoms with Gasteiger partial charge in [-0.25, -0.2) is 4.98 Å². The lowest BCUT2D eigenvalue weighted by atomic mass is 10.3. The molecule has 8 heteroatoms. The molecule has 130 valence electrons. The van der Waals surface area contributed by atoms with Gasteiger partial charge in [0.25, 0.3) is 5.91 Å². The number of aryl methyl sites for hydroxylation is 1. The van der Waals surface area contributed by atoms with E-state index in [1.807, 2.05) is 13.1 Å². The number of halogens is 1. The summed E-state index contributed by atoms with van der Waals surface area (Å²) < 4.78 is 6.78. The molecule has 0 radical (unpaired) electrons. The zero-order chi connectivity index (χ0) is 17.8. The van der Waals surface area contributed by atoms with Crippen molar-refractivity contribution in [2.75, 3.05) is 11.9 Å². The van der Waals surface area contributed by atoms with Gasteiger partial charge < -0.3 is 14.3 Å². The van der Waals surface area contributed by atoms with E-state index in [9.17, 15) is 9.59 Å². The molecule has 3 rings (SSSR count). The zero-order valence-electron chi connectivity index (χ0n) is 13.6. The van der Waals surface area contributed by atoms with Gasteiger partial charge in [0.2, 0.25) is 11.9 Å². The Balaban J connectivity index is 1.49. The minimum Gasteiger partial charge on any atom is -0.459 e. The lowest BCUT2D eigenvalue weighted by molar-refractivity contribution is -0.116. The summed E-state index contributed by atoms with van der Waals surface area (Å²) >= 11 is 5.96. The van der Waals surface area contributed by atoms with Crippen molar-refractivity contribution < 1.29 is 14.0 Å². The second-order valence-corrected chi connectivity index (χ2v) is 5.95. The van der Waals surface area contributed by atoms with Gasteiger partial charge >= 0.3 is 0 Å². The second kappa shape index (κ2) is 7.40. The van der Waals surface area contributed by atoms with E-state index in [0.717, 1.165) is 11.0 Å². The molecule has 0 aliphatic rings. The van der Waals surface area contributed by atoms with Crippen molar-refractivity contribution in [3.63, 3.8) is 0 Å². The third-order valence-corrected chi connectivity index (χ3v) is 3.94. The summed E-state index contributed by atoms with van der Waals surface area (Å²) in [4.78, 5) is 28.1. The first-order chi connectivity index (χ1) is 12.0. The molecule has 0 bridgehead atoms. The fourth-order valence-electron chi connectivity index (χ4n) is 2.42. The van der Waals surface area contributed by atoms with Gasteiger partial charge in [0, 0.05) is 25.0 Å². The van der Waals surface area contributed by atoms with Crippen LogP contribution in [0, 0.1) is 0 Å². The summed E-state index contributed by atoms with van der Waals surface area (Å²) in [7, 11) is 1.82. The van der Waals surface area contributed by atoms with Crippen LogP contribution in [-0.4, -0.2) is 27.9 Å². The number of carbonyl (C=O) groups is 2. The van der Waals surface area contributed by atoms with E-state index in [2.05, 4.69) is 15.6 Å². The Hall–Kier alpha value is -2.80. The van der Waals surface area contributed by atoms with Crippen LogP contribution in [0.2, 0.25) is 5.02 Å². The highest BCUT2D eigenvalue weighted by Crippen LogP contribution is 2.21. The maximum absolute atomic E-state index is 12.1. The molecule has 0 saturated carbocycles. The van der Waals surface area contributed by atoms with Crippen molar-refractivity contribution in [1.82, 2.24) is 14.9 Å². The Morgan fingerprint density at radius 3 is 2.92 bits per heavy atom. The zero-order valence-corrected chi connectivity index (χ0v) is 14.3. The Morgan fingerprint density at radius 1 is 1.32 bits per heavy atom. The van der Waals surface area contributed by atoms with Gasteiger partial charge in [-0.3, -0.25) is 14.9 Å². The van der Waals surface area contributed by atoms with Crippen LogP contribution in [0.3, 0.4) is 0 Å². The van der Waals surface area contributed by atoms with Crippen LogP contribution in [-0.2, 0) is 11.8 Å². The number of carbonyl (C=O) groups excluding carboxylic acids is 2. The number of hydrogen-bond acceptors (Lipinski definition) is 4. The van der Waals surface area contributed by atoms with E-state index in [1.54, 1.807) is 28.8 Å². The van der Waals surface area contributed by atoms with Crippen LogP contribution >= 0.6 is 11.6 Å². The number of anilines is 1. The SMILES string of the molecule is Cn1c(NC(=O)CCCNC(=O)c2ccco2)nc2cc(Cl)ccc21. The molecule has 2 N–H and O–H groups in total. The summed E-state index contributed by atoms with van der Waals surface area (Å²) in [5, 5.41) is 6.06. The molecule has 7 nitrogen and oxygen atoms in total. The van der Waals surface area contributed by atoms with Gasteiger partial charge in [0.15, 0.2) is 5.76 Å². The largest absolute Gasteiger partial charge is 0.459 e. The summed E-state index contributed by atoms with van der Waals surface area (Å²) in [5.74, 6) is 0.249. The monoisotopic (exact) mass is 360 g/mol. The number of hydrogen-bond donors (Lipinski definition) is 2. The van der Waals surface area contributed by atoms with Crippen LogP contribution in [0.5, 0.6) is 0 Å². The van der Waals surface area contributed by atoms with Gasteiger partial charge in [-0.1, -0.05) is 11.6 Å². The number of rotatable bonds is 6. The molecule has 0 fully saturated rings. The second-order valence-electron chi connectivity index (χ2n) is 5.51. The Kier molecular flexibility index (Phi) is 5.04. The van der Waals surface area contributed by atoms with E-state index in [4.69, 9.17) is 16.0 Å². The summed E-state index contributed by atoms with van der Waals surface area (Å²) in [6, 6.07) is 8.60. The number of nitrogens with zero attached hydrogens (tertiary/aromatic N) is 2. The third kappa shape index (κ3) is 4.00. The molecule has 2 aromatic heterocycles. The highest BCUT2D eigenvalue weighted by molar-refractivity contribution is 6.31. The highest BCUT2D eigenvalue weighted by Gasteiger charge is 2.12. The smallest absolute Gasteiger partial charge is 0.286 e. The van der Waals surface area contributed by atoms with E-state index < -0.39 is 0 Å². The molecule has 2 amide bonds. The Labute approximate surface area is 149 Å². The fourth-order valence-corrected chi connectivity index (χ4v) is 2.58. The lowest BCUT2D eigenvalue weighted by Gasteiger charge is -2.06. The van der Waals surface area contributed by atoms with E-state index in [-0.39, 0.29) is 24.0 Å². The molecule has 0 aliphatic heterocycles. The number of amides is 2. The van der Waals surface area contributed by atoms with E-state index in [1.165, 1.54) is 6.26 Å². The first-order valence-electron chi connectivity index (χ1n) is 7.78. The topological polar surface area (TPSA) is 89.2 Å². The predicted molar refractivity (Wildman–Crippen MR) is 94.6 cm³/mol. The van der Waals surface area contributed by atoms with Crippen LogP contribution in [0.15, 0.2) is 41.0 Å². The van der Waals surface area contributed by atoms with Crippen molar-refractivity contribution in [3.8, 4) is 0 Å². The van der Waals surface area contributed by atoms with Crippen LogP contribution < -0.4 is 10.6 Å². The molecule has 0 aliphatic carbocycles. The van der Waals surface area contributed by atoms with Gasteiger partial charge in [-0.15, -0.1) is 0 Å². The molecule has 0 atom stereocenters. The van der Waals surface area contributed by atoms with Crippen LogP contribution in [0.25, 0.3) is 11.0 Å². The van der Waals surface area contributed by atoms with Gasteiger partial charge in [0.1, 0.15) is 0 Å². The van der Waals surface area contributed by atoms with Crippen LogP contribution in [0.4, 0.5) is 5.95 Å². The first-order valence-corrected chi connectivity index (χ1v) is 8.16. The molecule has 3 aromatic rings. The van der Waals surface area contributed by atoms with Crippen LogP contribution in [0.1, 0.15) is 23.4 Å². The molecule has 0 saturated heterocycles. The molecular formula is C17H17ClN4O3. The molecule has 0 spiro atoms. The number of furan rings is 1. The molecule has 2 heterocycles. The third-order valence-electron chi connectivity index (χ3n) is 3.71. The van der Waals surface area contributed by atoms with Crippen molar-refractivity contribution in [2.45, 2.75) is 12.8 Å². The number of benzene rings is 1. The number of nitrogens with one attached hydrogen (secondary N) is 2.